The first-order valence-corrected chi connectivity index (χ1v) is 9.12. The molecular weight excluding hydrogens is 276 g/mol. The Morgan fingerprint density at radius 1 is 1.09 bits per heavy atom. The van der Waals surface area contributed by atoms with E-state index in [1.165, 1.54) is 25.7 Å². The van der Waals surface area contributed by atoms with Gasteiger partial charge in [0, 0.05) is 32.2 Å². The molecule has 2 aliphatic rings. The quantitative estimate of drug-likeness (QED) is 0.747. The zero-order valence-corrected chi connectivity index (χ0v) is 15.4. The average molecular weight is 312 g/mol. The highest BCUT2D eigenvalue weighted by Gasteiger charge is 2.31. The van der Waals surface area contributed by atoms with Crippen LogP contribution in [-0.4, -0.2) is 61.1 Å². The van der Waals surface area contributed by atoms with Gasteiger partial charge >= 0.3 is 5.97 Å². The van der Waals surface area contributed by atoms with Crippen LogP contribution in [0.3, 0.4) is 0 Å². The molecule has 0 aromatic carbocycles. The monoisotopic (exact) mass is 312 g/mol. The second-order valence-corrected chi connectivity index (χ2v) is 7.01. The number of esters is 1. The van der Waals surface area contributed by atoms with Crippen molar-refractivity contribution in [3.8, 4) is 0 Å². The van der Waals surface area contributed by atoms with E-state index in [9.17, 15) is 4.79 Å². The van der Waals surface area contributed by atoms with E-state index >= 15 is 0 Å². The van der Waals surface area contributed by atoms with Gasteiger partial charge in [0.1, 0.15) is 0 Å². The number of hydrogen-bond acceptors (Lipinski definition) is 4. The van der Waals surface area contributed by atoms with Crippen LogP contribution in [0.1, 0.15) is 60.3 Å². The number of nitrogens with zero attached hydrogens (tertiary/aromatic N) is 2. The van der Waals surface area contributed by atoms with Crippen LogP contribution < -0.4 is 0 Å². The van der Waals surface area contributed by atoms with E-state index < -0.39 is 0 Å². The van der Waals surface area contributed by atoms with Gasteiger partial charge in [-0.1, -0.05) is 27.7 Å². The molecule has 130 valence electrons. The molecule has 1 saturated heterocycles. The molecule has 0 amide bonds. The Morgan fingerprint density at radius 2 is 1.64 bits per heavy atom. The molecule has 2 rings (SSSR count). The molecule has 1 heterocycles. The Kier molecular flexibility index (Phi) is 8.40. The molecule has 22 heavy (non-hydrogen) atoms. The molecule has 0 aromatic heterocycles. The van der Waals surface area contributed by atoms with Gasteiger partial charge in [-0.05, 0) is 38.0 Å². The first kappa shape index (κ1) is 19.4. The van der Waals surface area contributed by atoms with E-state index in [-0.39, 0.29) is 5.97 Å². The minimum atomic E-state index is -0.0830. The summed E-state index contributed by atoms with van der Waals surface area (Å²) in [5.41, 5.74) is 0.544. The van der Waals surface area contributed by atoms with Gasteiger partial charge in [-0.2, -0.15) is 0 Å². The van der Waals surface area contributed by atoms with Crippen molar-refractivity contribution in [1.29, 1.82) is 0 Å². The molecule has 0 spiro atoms. The standard InChI is InChI=1S/C16H30N2O2.C2H6/c1-4-20-15(19)13-17-9-11-18(12-10-17)14-5-7-16(2,3)8-6-14;1-2/h14H,4-13H2,1-3H3;1-2H3. The van der Waals surface area contributed by atoms with Crippen molar-refractivity contribution in [3.05, 3.63) is 0 Å². The molecule has 0 atom stereocenters. The summed E-state index contributed by atoms with van der Waals surface area (Å²) in [6.45, 7) is 15.8. The van der Waals surface area contributed by atoms with Gasteiger partial charge in [-0.25, -0.2) is 0 Å². The van der Waals surface area contributed by atoms with Crippen LogP contribution in [0, 0.1) is 5.41 Å². The number of ether oxygens (including phenoxy) is 1. The van der Waals surface area contributed by atoms with Gasteiger partial charge in [0.2, 0.25) is 0 Å². The molecular formula is C18H36N2O2. The number of rotatable bonds is 4. The Morgan fingerprint density at radius 3 is 2.14 bits per heavy atom. The molecule has 4 nitrogen and oxygen atoms in total. The predicted molar refractivity (Wildman–Crippen MR) is 92.0 cm³/mol. The molecule has 1 saturated carbocycles. The minimum Gasteiger partial charge on any atom is -0.465 e. The second kappa shape index (κ2) is 9.51. The van der Waals surface area contributed by atoms with Gasteiger partial charge in [-0.3, -0.25) is 14.6 Å². The number of piperazine rings is 1. The Bertz CT molecular complexity index is 313. The summed E-state index contributed by atoms with van der Waals surface area (Å²) in [5.74, 6) is -0.0830. The topological polar surface area (TPSA) is 32.8 Å². The lowest BCUT2D eigenvalue weighted by atomic mass is 9.75. The maximum atomic E-state index is 11.5. The molecule has 4 heteroatoms. The van der Waals surface area contributed by atoms with Crippen LogP contribution in [0.2, 0.25) is 0 Å². The van der Waals surface area contributed by atoms with Crippen LogP contribution >= 0.6 is 0 Å². The first-order valence-electron chi connectivity index (χ1n) is 9.12. The summed E-state index contributed by atoms with van der Waals surface area (Å²) < 4.78 is 5.02. The van der Waals surface area contributed by atoms with Crippen LogP contribution in [0.4, 0.5) is 0 Å². The van der Waals surface area contributed by atoms with Crippen LogP contribution in [0.15, 0.2) is 0 Å². The zero-order valence-electron chi connectivity index (χ0n) is 15.4. The third-order valence-electron chi connectivity index (χ3n) is 4.89. The van der Waals surface area contributed by atoms with E-state index in [0.29, 0.717) is 18.6 Å². The molecule has 0 unspecified atom stereocenters. The molecule has 0 radical (unpaired) electrons. The molecule has 0 bridgehead atoms. The summed E-state index contributed by atoms with van der Waals surface area (Å²) in [5, 5.41) is 0. The molecule has 2 fully saturated rings. The maximum absolute atomic E-state index is 11.5. The Hall–Kier alpha value is -0.610. The summed E-state index contributed by atoms with van der Waals surface area (Å²) in [7, 11) is 0. The predicted octanol–water partition coefficient (Wildman–Crippen LogP) is 3.16. The van der Waals surface area contributed by atoms with Gasteiger partial charge < -0.3 is 4.74 Å². The normalized spacial score (nSPS) is 23.5. The van der Waals surface area contributed by atoms with E-state index in [2.05, 4.69) is 23.6 Å². The Labute approximate surface area is 137 Å². The van der Waals surface area contributed by atoms with Crippen LogP contribution in [0.5, 0.6) is 0 Å². The zero-order chi connectivity index (χ0) is 16.6. The third kappa shape index (κ3) is 6.25. The largest absolute Gasteiger partial charge is 0.465 e. The number of carbonyl (C=O) groups excluding carboxylic acids is 1. The van der Waals surface area contributed by atoms with Crippen molar-refractivity contribution in [2.24, 2.45) is 5.41 Å². The van der Waals surface area contributed by atoms with E-state index in [1.54, 1.807) is 0 Å². The van der Waals surface area contributed by atoms with Crippen molar-refractivity contribution >= 4 is 5.97 Å². The fraction of sp³-hybridized carbons (Fsp3) is 0.944. The Balaban J connectivity index is 0.00000116. The van der Waals surface area contributed by atoms with Gasteiger partial charge in [-0.15, -0.1) is 0 Å². The highest BCUT2D eigenvalue weighted by atomic mass is 16.5. The van der Waals surface area contributed by atoms with Gasteiger partial charge in [0.05, 0.1) is 13.2 Å². The average Bonchev–Trinajstić information content (AvgIpc) is 2.50. The van der Waals surface area contributed by atoms with Crippen LogP contribution in [-0.2, 0) is 9.53 Å². The van der Waals surface area contributed by atoms with Crippen molar-refractivity contribution < 1.29 is 9.53 Å². The minimum absolute atomic E-state index is 0.0830. The van der Waals surface area contributed by atoms with Crippen molar-refractivity contribution in [2.45, 2.75) is 66.3 Å². The lowest BCUT2D eigenvalue weighted by Gasteiger charge is -2.43. The molecule has 1 aliphatic carbocycles. The fourth-order valence-corrected chi connectivity index (χ4v) is 3.42. The summed E-state index contributed by atoms with van der Waals surface area (Å²) in [6.07, 6.45) is 5.37. The fourth-order valence-electron chi connectivity index (χ4n) is 3.42. The molecule has 0 aromatic rings. The second-order valence-electron chi connectivity index (χ2n) is 7.01. The number of hydrogen-bond donors (Lipinski definition) is 0. The van der Waals surface area contributed by atoms with E-state index in [4.69, 9.17) is 4.74 Å². The van der Waals surface area contributed by atoms with Gasteiger partial charge in [0.25, 0.3) is 0 Å². The van der Waals surface area contributed by atoms with Gasteiger partial charge in [0.15, 0.2) is 0 Å². The summed E-state index contributed by atoms with van der Waals surface area (Å²) >= 11 is 0. The highest BCUT2D eigenvalue weighted by Crippen LogP contribution is 2.37. The third-order valence-corrected chi connectivity index (χ3v) is 4.89. The SMILES string of the molecule is CC.CCOC(=O)CN1CCN(C2CCC(C)(C)CC2)CC1. The molecule has 1 aliphatic heterocycles. The van der Waals surface area contributed by atoms with E-state index in [0.717, 1.165) is 32.2 Å². The summed E-state index contributed by atoms with van der Waals surface area (Å²) in [6, 6.07) is 0.771. The lowest BCUT2D eigenvalue weighted by Crippen LogP contribution is -2.52. The number of carbonyl (C=O) groups is 1. The van der Waals surface area contributed by atoms with Crippen molar-refractivity contribution in [2.75, 3.05) is 39.3 Å². The van der Waals surface area contributed by atoms with E-state index in [1.807, 2.05) is 20.8 Å². The lowest BCUT2D eigenvalue weighted by molar-refractivity contribution is -0.145. The van der Waals surface area contributed by atoms with Crippen molar-refractivity contribution in [1.82, 2.24) is 9.80 Å². The smallest absolute Gasteiger partial charge is 0.320 e. The van der Waals surface area contributed by atoms with Crippen LogP contribution in [0.25, 0.3) is 0 Å². The first-order chi connectivity index (χ1) is 10.5. The van der Waals surface area contributed by atoms with Crippen molar-refractivity contribution in [3.63, 3.8) is 0 Å². The maximum Gasteiger partial charge on any atom is 0.320 e. The highest BCUT2D eigenvalue weighted by molar-refractivity contribution is 5.71. The summed E-state index contributed by atoms with van der Waals surface area (Å²) in [4.78, 5) is 16.3. The molecule has 0 N–H and O–H groups in total.